The first-order valence-electron chi connectivity index (χ1n) is 8.95. The molecule has 0 amide bonds. The Morgan fingerprint density at radius 2 is 1.46 bits per heavy atom. The molecular weight excluding hydrogens is 288 g/mol. The molecular formula is C24H29. The van der Waals surface area contributed by atoms with Crippen LogP contribution in [0.4, 0.5) is 0 Å². The van der Waals surface area contributed by atoms with Crippen molar-refractivity contribution < 1.29 is 0 Å². The first kappa shape index (κ1) is 17.0. The number of allylic oxidation sites excluding steroid dienone is 1. The van der Waals surface area contributed by atoms with Gasteiger partial charge in [0.05, 0.1) is 0 Å². The van der Waals surface area contributed by atoms with Gasteiger partial charge in [0.2, 0.25) is 0 Å². The zero-order chi connectivity index (χ0) is 17.5. The quantitative estimate of drug-likeness (QED) is 0.536. The number of hydrogen-bond acceptors (Lipinski definition) is 0. The third-order valence-corrected chi connectivity index (χ3v) is 5.67. The van der Waals surface area contributed by atoms with E-state index in [1.807, 2.05) is 0 Å². The highest BCUT2D eigenvalue weighted by atomic mass is 14.4. The van der Waals surface area contributed by atoms with Gasteiger partial charge in [0.15, 0.2) is 0 Å². The Labute approximate surface area is 147 Å². The SMILES string of the molecule is [CH2]c1ccc(C=C(C)c2ccc3c(c2)C(C)(C)CCC3(C)C)cc1. The highest BCUT2D eigenvalue weighted by Gasteiger charge is 2.36. The highest BCUT2D eigenvalue weighted by Crippen LogP contribution is 2.46. The molecule has 0 unspecified atom stereocenters. The Kier molecular flexibility index (Phi) is 4.20. The molecule has 0 atom stereocenters. The standard InChI is InChI=1S/C24H29/c1-17-7-9-19(10-8-17)15-18(2)20-11-12-21-22(16-20)24(5,6)14-13-23(21,3)4/h7-12,15-16H,1,13-14H2,2-6H3. The monoisotopic (exact) mass is 317 g/mol. The van der Waals surface area contributed by atoms with E-state index in [2.05, 4.69) is 90.1 Å². The lowest BCUT2D eigenvalue weighted by molar-refractivity contribution is 0.332. The van der Waals surface area contributed by atoms with E-state index >= 15 is 0 Å². The van der Waals surface area contributed by atoms with Crippen molar-refractivity contribution in [1.29, 1.82) is 0 Å². The second-order valence-electron chi connectivity index (χ2n) is 8.60. The average Bonchev–Trinajstić information content (AvgIpc) is 2.54. The number of benzene rings is 2. The van der Waals surface area contributed by atoms with Crippen molar-refractivity contribution in [3.63, 3.8) is 0 Å². The van der Waals surface area contributed by atoms with Crippen LogP contribution in [0, 0.1) is 6.92 Å². The minimum atomic E-state index is 0.261. The van der Waals surface area contributed by atoms with Gasteiger partial charge in [-0.1, -0.05) is 76.2 Å². The van der Waals surface area contributed by atoms with E-state index in [1.54, 1.807) is 0 Å². The van der Waals surface area contributed by atoms with Crippen molar-refractivity contribution in [3.05, 3.63) is 77.2 Å². The molecule has 24 heavy (non-hydrogen) atoms. The van der Waals surface area contributed by atoms with Crippen molar-refractivity contribution in [2.75, 3.05) is 0 Å². The summed E-state index contributed by atoms with van der Waals surface area (Å²) in [4.78, 5) is 0. The van der Waals surface area contributed by atoms with Crippen molar-refractivity contribution in [2.24, 2.45) is 0 Å². The molecule has 0 nitrogen and oxygen atoms in total. The van der Waals surface area contributed by atoms with Crippen LogP contribution in [0.1, 0.15) is 75.3 Å². The fraction of sp³-hybridized carbons (Fsp3) is 0.375. The summed E-state index contributed by atoms with van der Waals surface area (Å²) in [6, 6.07) is 15.5. The Balaban J connectivity index is 2.03. The molecule has 0 heterocycles. The van der Waals surface area contributed by atoms with Crippen LogP contribution in [0.3, 0.4) is 0 Å². The summed E-state index contributed by atoms with van der Waals surface area (Å²) < 4.78 is 0. The van der Waals surface area contributed by atoms with Crippen LogP contribution < -0.4 is 0 Å². The number of fused-ring (bicyclic) bond motifs is 1. The highest BCUT2D eigenvalue weighted by molar-refractivity contribution is 5.80. The molecule has 0 heteroatoms. The molecule has 0 bridgehead atoms. The molecule has 0 fully saturated rings. The zero-order valence-corrected chi connectivity index (χ0v) is 15.7. The minimum Gasteiger partial charge on any atom is -0.0584 e. The number of rotatable bonds is 2. The molecule has 0 saturated carbocycles. The average molecular weight is 317 g/mol. The summed E-state index contributed by atoms with van der Waals surface area (Å²) in [5.41, 5.74) is 8.53. The van der Waals surface area contributed by atoms with Crippen molar-refractivity contribution in [3.8, 4) is 0 Å². The Morgan fingerprint density at radius 1 is 0.875 bits per heavy atom. The molecule has 0 aromatic heterocycles. The van der Waals surface area contributed by atoms with Crippen molar-refractivity contribution in [1.82, 2.24) is 0 Å². The smallest absolute Gasteiger partial charge is 0.0100 e. The van der Waals surface area contributed by atoms with E-state index < -0.39 is 0 Å². The van der Waals surface area contributed by atoms with E-state index in [-0.39, 0.29) is 10.8 Å². The van der Waals surface area contributed by atoms with Gasteiger partial charge in [-0.15, -0.1) is 0 Å². The lowest BCUT2D eigenvalue weighted by atomic mass is 9.63. The second kappa shape index (κ2) is 5.92. The normalized spacial score (nSPS) is 19.0. The van der Waals surface area contributed by atoms with Gasteiger partial charge in [-0.3, -0.25) is 0 Å². The van der Waals surface area contributed by atoms with Crippen LogP contribution in [0.25, 0.3) is 11.6 Å². The van der Waals surface area contributed by atoms with Crippen molar-refractivity contribution >= 4 is 11.6 Å². The lowest BCUT2D eigenvalue weighted by Gasteiger charge is -2.42. The van der Waals surface area contributed by atoms with Gasteiger partial charge >= 0.3 is 0 Å². The summed E-state index contributed by atoms with van der Waals surface area (Å²) >= 11 is 0. The van der Waals surface area contributed by atoms with Gasteiger partial charge in [-0.05, 0) is 70.9 Å². The fourth-order valence-electron chi connectivity index (χ4n) is 3.78. The van der Waals surface area contributed by atoms with Crippen LogP contribution in [0.2, 0.25) is 0 Å². The van der Waals surface area contributed by atoms with Gasteiger partial charge in [0.1, 0.15) is 0 Å². The topological polar surface area (TPSA) is 0 Å². The maximum atomic E-state index is 3.96. The Morgan fingerprint density at radius 3 is 2.08 bits per heavy atom. The van der Waals surface area contributed by atoms with Gasteiger partial charge in [0.25, 0.3) is 0 Å². The van der Waals surface area contributed by atoms with Gasteiger partial charge < -0.3 is 0 Å². The Hall–Kier alpha value is -1.82. The van der Waals surface area contributed by atoms with Crippen LogP contribution >= 0.6 is 0 Å². The van der Waals surface area contributed by atoms with Gasteiger partial charge in [-0.25, -0.2) is 0 Å². The predicted molar refractivity (Wildman–Crippen MR) is 106 cm³/mol. The molecule has 0 N–H and O–H groups in total. The molecule has 3 rings (SSSR count). The van der Waals surface area contributed by atoms with Crippen LogP contribution in [-0.2, 0) is 10.8 Å². The molecule has 0 aliphatic heterocycles. The van der Waals surface area contributed by atoms with Gasteiger partial charge in [-0.2, -0.15) is 0 Å². The van der Waals surface area contributed by atoms with E-state index in [0.717, 1.165) is 5.56 Å². The van der Waals surface area contributed by atoms with Gasteiger partial charge in [0, 0.05) is 0 Å². The molecule has 0 spiro atoms. The number of hydrogen-bond donors (Lipinski definition) is 0. The van der Waals surface area contributed by atoms with E-state index in [0.29, 0.717) is 0 Å². The maximum Gasteiger partial charge on any atom is -0.0100 e. The molecule has 0 saturated heterocycles. The second-order valence-corrected chi connectivity index (χ2v) is 8.60. The third kappa shape index (κ3) is 3.20. The summed E-state index contributed by atoms with van der Waals surface area (Å²) in [6.07, 6.45) is 4.78. The van der Waals surface area contributed by atoms with E-state index in [1.165, 1.54) is 40.7 Å². The Bertz CT molecular complexity index is 770. The fourth-order valence-corrected chi connectivity index (χ4v) is 3.78. The van der Waals surface area contributed by atoms with E-state index in [9.17, 15) is 0 Å². The minimum absolute atomic E-state index is 0.261. The maximum absolute atomic E-state index is 3.96. The van der Waals surface area contributed by atoms with Crippen LogP contribution in [-0.4, -0.2) is 0 Å². The zero-order valence-electron chi connectivity index (χ0n) is 15.7. The summed E-state index contributed by atoms with van der Waals surface area (Å²) in [5, 5.41) is 0. The third-order valence-electron chi connectivity index (χ3n) is 5.67. The molecule has 2 aromatic carbocycles. The molecule has 1 radical (unpaired) electrons. The summed E-state index contributed by atoms with van der Waals surface area (Å²) in [7, 11) is 0. The summed E-state index contributed by atoms with van der Waals surface area (Å²) in [5.74, 6) is 0. The first-order valence-corrected chi connectivity index (χ1v) is 8.95. The molecule has 1 aliphatic rings. The van der Waals surface area contributed by atoms with E-state index in [4.69, 9.17) is 0 Å². The van der Waals surface area contributed by atoms with Crippen LogP contribution in [0.15, 0.2) is 42.5 Å². The van der Waals surface area contributed by atoms with Crippen molar-refractivity contribution in [2.45, 2.75) is 58.3 Å². The largest absolute Gasteiger partial charge is 0.0584 e. The molecule has 2 aromatic rings. The lowest BCUT2D eigenvalue weighted by Crippen LogP contribution is -2.33. The molecule has 1 aliphatic carbocycles. The van der Waals surface area contributed by atoms with Crippen LogP contribution in [0.5, 0.6) is 0 Å². The predicted octanol–water partition coefficient (Wildman–Crippen LogP) is 6.78. The first-order chi connectivity index (χ1) is 11.2. The summed E-state index contributed by atoms with van der Waals surface area (Å²) in [6.45, 7) is 15.7. The molecule has 125 valence electrons.